The lowest BCUT2D eigenvalue weighted by Crippen LogP contribution is -2.20. The summed E-state index contributed by atoms with van der Waals surface area (Å²) in [7, 11) is 0. The molecule has 0 radical (unpaired) electrons. The van der Waals surface area contributed by atoms with Crippen molar-refractivity contribution >= 4 is 11.6 Å². The van der Waals surface area contributed by atoms with E-state index >= 15 is 0 Å². The Balaban J connectivity index is 0.000000268. The van der Waals surface area contributed by atoms with E-state index < -0.39 is 4.92 Å². The maximum atomic E-state index is 10.4. The van der Waals surface area contributed by atoms with Gasteiger partial charge in [-0.2, -0.15) is 0 Å². The molecule has 0 atom stereocenters. The van der Waals surface area contributed by atoms with E-state index in [0.29, 0.717) is 17.4 Å². The minimum absolute atomic E-state index is 0.442. The average Bonchev–Trinajstić information content (AvgIpc) is 2.98. The van der Waals surface area contributed by atoms with E-state index in [1.165, 1.54) is 0 Å². The first kappa shape index (κ1) is 16.8. The van der Waals surface area contributed by atoms with Crippen LogP contribution < -0.4 is 5.32 Å². The third-order valence-corrected chi connectivity index (χ3v) is 3.36. The van der Waals surface area contributed by atoms with Gasteiger partial charge in [0.25, 0.3) is 6.20 Å². The van der Waals surface area contributed by atoms with Crippen molar-refractivity contribution in [1.29, 1.82) is 0 Å². The highest BCUT2D eigenvalue weighted by Crippen LogP contribution is 2.15. The van der Waals surface area contributed by atoms with E-state index in [1.807, 2.05) is 47.4 Å². The number of nitro groups is 1. The van der Waals surface area contributed by atoms with Gasteiger partial charge in [0.2, 0.25) is 0 Å². The average molecular weight is 333 g/mol. The van der Waals surface area contributed by atoms with Crippen LogP contribution in [0.15, 0.2) is 66.9 Å². The Bertz CT molecular complexity index is 620. The molecule has 3 rings (SSSR count). The molecule has 0 aliphatic carbocycles. The molecular formula is C16H17ClN4O2. The zero-order valence-electron chi connectivity index (χ0n) is 12.4. The lowest BCUT2D eigenvalue weighted by atomic mass is 10.2. The molecule has 1 N–H and O–H groups in total. The van der Waals surface area contributed by atoms with E-state index in [2.05, 4.69) is 10.3 Å². The summed E-state index contributed by atoms with van der Waals surface area (Å²) in [6, 6.07) is 13.2. The number of hydrogen-bond donors (Lipinski definition) is 1. The molecular weight excluding hydrogens is 316 g/mol. The fourth-order valence-corrected chi connectivity index (χ4v) is 2.19. The summed E-state index contributed by atoms with van der Waals surface area (Å²) in [5, 5.41) is 14.1. The Morgan fingerprint density at radius 1 is 1.26 bits per heavy atom. The fourth-order valence-electron chi connectivity index (χ4n) is 2.07. The standard InChI is InChI=1S/C11H12ClN3O2.C5H5N/c12-10-3-1-9(2-4-10)7-14-6-5-13-11(14)8-15(16)17;1-2-4-6-5-3-1/h1-4,8,13H,5-7H2;1-5H. The molecule has 2 aromatic rings. The Morgan fingerprint density at radius 3 is 2.48 bits per heavy atom. The van der Waals surface area contributed by atoms with Crippen LogP contribution in [-0.2, 0) is 6.54 Å². The van der Waals surface area contributed by atoms with Crippen LogP contribution in [0.1, 0.15) is 5.56 Å². The summed E-state index contributed by atoms with van der Waals surface area (Å²) in [5.74, 6) is 0.560. The lowest BCUT2D eigenvalue weighted by molar-refractivity contribution is -0.404. The predicted octanol–water partition coefficient (Wildman–Crippen LogP) is 2.90. The van der Waals surface area contributed by atoms with Gasteiger partial charge in [-0.3, -0.25) is 15.1 Å². The molecule has 1 aliphatic rings. The summed E-state index contributed by atoms with van der Waals surface area (Å²) >= 11 is 5.80. The van der Waals surface area contributed by atoms with Crippen molar-refractivity contribution in [3.63, 3.8) is 0 Å². The molecule has 0 bridgehead atoms. The zero-order valence-corrected chi connectivity index (χ0v) is 13.2. The van der Waals surface area contributed by atoms with Gasteiger partial charge in [0.15, 0.2) is 5.82 Å². The molecule has 120 valence electrons. The van der Waals surface area contributed by atoms with Crippen LogP contribution in [0.2, 0.25) is 5.02 Å². The number of hydrogen-bond acceptors (Lipinski definition) is 5. The quantitative estimate of drug-likeness (QED) is 0.691. The van der Waals surface area contributed by atoms with Crippen molar-refractivity contribution in [1.82, 2.24) is 15.2 Å². The number of nitrogens with zero attached hydrogens (tertiary/aromatic N) is 3. The first-order chi connectivity index (χ1) is 11.1. The van der Waals surface area contributed by atoms with Crippen LogP contribution in [-0.4, -0.2) is 27.9 Å². The van der Waals surface area contributed by atoms with Gasteiger partial charge in [0.1, 0.15) is 0 Å². The number of pyridine rings is 1. The second kappa shape index (κ2) is 8.75. The number of nitrogens with one attached hydrogen (secondary N) is 1. The van der Waals surface area contributed by atoms with Gasteiger partial charge in [-0.15, -0.1) is 0 Å². The lowest BCUT2D eigenvalue weighted by Gasteiger charge is -2.16. The van der Waals surface area contributed by atoms with E-state index in [1.54, 1.807) is 12.4 Å². The Kier molecular flexibility index (Phi) is 6.38. The number of rotatable bonds is 3. The highest BCUT2D eigenvalue weighted by Gasteiger charge is 2.19. The van der Waals surface area contributed by atoms with Gasteiger partial charge < -0.3 is 10.2 Å². The van der Waals surface area contributed by atoms with E-state index in [4.69, 9.17) is 11.6 Å². The molecule has 2 heterocycles. The highest BCUT2D eigenvalue weighted by atomic mass is 35.5. The smallest absolute Gasteiger partial charge is 0.274 e. The molecule has 0 amide bonds. The van der Waals surface area contributed by atoms with Crippen LogP contribution in [0.5, 0.6) is 0 Å². The number of benzene rings is 1. The zero-order chi connectivity index (χ0) is 16.5. The Hall–Kier alpha value is -2.60. The molecule has 0 spiro atoms. The van der Waals surface area contributed by atoms with Crippen LogP contribution in [0.25, 0.3) is 0 Å². The van der Waals surface area contributed by atoms with Crippen LogP contribution in [0, 0.1) is 10.1 Å². The normalized spacial score (nSPS) is 14.8. The minimum Gasteiger partial charge on any atom is -0.365 e. The number of halogens is 1. The van der Waals surface area contributed by atoms with Crippen molar-refractivity contribution in [2.75, 3.05) is 13.1 Å². The van der Waals surface area contributed by atoms with Crippen LogP contribution in [0.4, 0.5) is 0 Å². The first-order valence-corrected chi connectivity index (χ1v) is 7.46. The first-order valence-electron chi connectivity index (χ1n) is 7.09. The maximum absolute atomic E-state index is 10.4. The Labute approximate surface area is 139 Å². The molecule has 1 fully saturated rings. The molecule has 0 saturated carbocycles. The van der Waals surface area contributed by atoms with Crippen LogP contribution >= 0.6 is 11.6 Å². The molecule has 6 nitrogen and oxygen atoms in total. The van der Waals surface area contributed by atoms with Gasteiger partial charge in [0, 0.05) is 37.1 Å². The van der Waals surface area contributed by atoms with E-state index in [-0.39, 0.29) is 0 Å². The molecule has 1 aromatic carbocycles. The minimum atomic E-state index is -0.442. The maximum Gasteiger partial charge on any atom is 0.274 e. The molecule has 0 unspecified atom stereocenters. The third-order valence-electron chi connectivity index (χ3n) is 3.11. The van der Waals surface area contributed by atoms with Crippen molar-refractivity contribution < 1.29 is 4.92 Å². The largest absolute Gasteiger partial charge is 0.365 e. The summed E-state index contributed by atoms with van der Waals surface area (Å²) < 4.78 is 0. The van der Waals surface area contributed by atoms with E-state index in [9.17, 15) is 10.1 Å². The van der Waals surface area contributed by atoms with E-state index in [0.717, 1.165) is 24.9 Å². The van der Waals surface area contributed by atoms with Crippen LogP contribution in [0.3, 0.4) is 0 Å². The summed E-state index contributed by atoms with van der Waals surface area (Å²) in [4.78, 5) is 15.7. The van der Waals surface area contributed by atoms with Gasteiger partial charge in [-0.05, 0) is 29.8 Å². The molecule has 1 aromatic heterocycles. The van der Waals surface area contributed by atoms with Gasteiger partial charge in [-0.25, -0.2) is 0 Å². The topological polar surface area (TPSA) is 71.3 Å². The number of aromatic nitrogens is 1. The van der Waals surface area contributed by atoms with Crippen molar-refractivity contribution in [3.8, 4) is 0 Å². The second-order valence-electron chi connectivity index (χ2n) is 4.80. The monoisotopic (exact) mass is 332 g/mol. The molecule has 1 saturated heterocycles. The molecule has 23 heavy (non-hydrogen) atoms. The second-order valence-corrected chi connectivity index (χ2v) is 5.24. The molecule has 7 heteroatoms. The van der Waals surface area contributed by atoms with Gasteiger partial charge >= 0.3 is 0 Å². The van der Waals surface area contributed by atoms with Gasteiger partial charge in [0.05, 0.1) is 4.92 Å². The summed E-state index contributed by atoms with van der Waals surface area (Å²) in [5.41, 5.74) is 1.08. The summed E-state index contributed by atoms with van der Waals surface area (Å²) in [6.45, 7) is 2.14. The SMILES string of the molecule is O=[N+]([O-])C=C1NCCN1Cc1ccc(Cl)cc1.c1ccncc1. The third kappa shape index (κ3) is 5.96. The predicted molar refractivity (Wildman–Crippen MR) is 89.2 cm³/mol. The van der Waals surface area contributed by atoms with Gasteiger partial charge in [-0.1, -0.05) is 29.8 Å². The summed E-state index contributed by atoms with van der Waals surface area (Å²) in [6.07, 6.45) is 4.50. The Morgan fingerprint density at radius 2 is 1.96 bits per heavy atom. The van der Waals surface area contributed by atoms with Crippen molar-refractivity contribution in [3.05, 3.63) is 87.6 Å². The van der Waals surface area contributed by atoms with Crippen molar-refractivity contribution in [2.24, 2.45) is 0 Å². The fraction of sp³-hybridized carbons (Fsp3) is 0.188. The highest BCUT2D eigenvalue weighted by molar-refractivity contribution is 6.30. The molecule has 1 aliphatic heterocycles. The van der Waals surface area contributed by atoms with Crippen molar-refractivity contribution in [2.45, 2.75) is 6.54 Å².